The first kappa shape index (κ1) is 19.8. The van der Waals surface area contributed by atoms with Crippen molar-refractivity contribution in [1.82, 2.24) is 14.8 Å². The third-order valence-electron chi connectivity index (χ3n) is 5.86. The molecule has 0 saturated carbocycles. The maximum absolute atomic E-state index is 13.3. The Balaban J connectivity index is 1.69. The van der Waals surface area contributed by atoms with E-state index in [1.165, 1.54) is 0 Å². The van der Waals surface area contributed by atoms with Crippen molar-refractivity contribution < 1.29 is 9.53 Å². The highest BCUT2D eigenvalue weighted by Gasteiger charge is 2.42. The Kier molecular flexibility index (Phi) is 4.63. The fourth-order valence-electron chi connectivity index (χ4n) is 4.48. The van der Waals surface area contributed by atoms with Gasteiger partial charge in [0.1, 0.15) is 11.8 Å². The van der Waals surface area contributed by atoms with Gasteiger partial charge in [-0.15, -0.1) is 5.10 Å². The van der Waals surface area contributed by atoms with E-state index in [-0.39, 0.29) is 11.2 Å². The molecule has 1 atom stereocenters. The van der Waals surface area contributed by atoms with Gasteiger partial charge in [-0.25, -0.2) is 4.68 Å². The molecular formula is C24H23ClN4O2. The number of hydrogen-bond donors (Lipinski definition) is 1. The molecule has 3 aromatic rings. The summed E-state index contributed by atoms with van der Waals surface area (Å²) < 4.78 is 7.13. The van der Waals surface area contributed by atoms with Crippen LogP contribution in [0.5, 0.6) is 5.75 Å². The number of fused-ring (bicyclic) bond motifs is 1. The minimum Gasteiger partial charge on any atom is -0.497 e. The molecule has 0 radical (unpaired) electrons. The first-order valence-electron chi connectivity index (χ1n) is 10.2. The molecule has 1 aliphatic heterocycles. The Bertz CT molecular complexity index is 1230. The number of carbonyl (C=O) groups excluding carboxylic acids is 1. The number of ketones is 1. The van der Waals surface area contributed by atoms with E-state index in [0.717, 1.165) is 34.6 Å². The van der Waals surface area contributed by atoms with Gasteiger partial charge in [-0.1, -0.05) is 55.8 Å². The first-order chi connectivity index (χ1) is 14.9. The van der Waals surface area contributed by atoms with Crippen molar-refractivity contribution in [3.63, 3.8) is 0 Å². The molecular weight excluding hydrogens is 412 g/mol. The molecule has 7 heteroatoms. The number of aromatic nitrogens is 3. The second-order valence-corrected chi connectivity index (χ2v) is 9.22. The van der Waals surface area contributed by atoms with E-state index in [1.807, 2.05) is 48.5 Å². The normalized spacial score (nSPS) is 19.5. The SMILES string of the molecule is COc1cccc(-c2nc3n(n2)C(c2ccccc2Cl)C2=C(CC(C)(C)CC2=O)N3)c1. The predicted molar refractivity (Wildman–Crippen MR) is 120 cm³/mol. The van der Waals surface area contributed by atoms with Crippen LogP contribution in [0.3, 0.4) is 0 Å². The predicted octanol–water partition coefficient (Wildman–Crippen LogP) is 5.27. The number of carbonyl (C=O) groups is 1. The van der Waals surface area contributed by atoms with Crippen LogP contribution in [0.4, 0.5) is 5.95 Å². The number of methoxy groups -OCH3 is 1. The zero-order valence-corrected chi connectivity index (χ0v) is 18.4. The van der Waals surface area contributed by atoms with E-state index in [9.17, 15) is 4.79 Å². The Labute approximate surface area is 185 Å². The molecule has 5 rings (SSSR count). The number of rotatable bonds is 3. The van der Waals surface area contributed by atoms with Crippen LogP contribution in [0.15, 0.2) is 59.8 Å². The van der Waals surface area contributed by atoms with E-state index in [0.29, 0.717) is 23.2 Å². The third kappa shape index (κ3) is 3.41. The van der Waals surface area contributed by atoms with Gasteiger partial charge in [0.15, 0.2) is 11.6 Å². The van der Waals surface area contributed by atoms with Gasteiger partial charge >= 0.3 is 0 Å². The summed E-state index contributed by atoms with van der Waals surface area (Å²) in [6.07, 6.45) is 1.25. The Morgan fingerprint density at radius 1 is 1.16 bits per heavy atom. The maximum Gasteiger partial charge on any atom is 0.226 e. The average Bonchev–Trinajstić information content (AvgIpc) is 3.16. The highest BCUT2D eigenvalue weighted by molar-refractivity contribution is 6.31. The molecule has 1 aliphatic carbocycles. The fourth-order valence-corrected chi connectivity index (χ4v) is 4.72. The highest BCUT2D eigenvalue weighted by atomic mass is 35.5. The lowest BCUT2D eigenvalue weighted by Crippen LogP contribution is -2.36. The number of anilines is 1. The summed E-state index contributed by atoms with van der Waals surface area (Å²) >= 11 is 6.59. The second-order valence-electron chi connectivity index (χ2n) is 8.82. The zero-order chi connectivity index (χ0) is 21.8. The summed E-state index contributed by atoms with van der Waals surface area (Å²) in [5, 5.41) is 8.80. The molecule has 2 aromatic carbocycles. The van der Waals surface area contributed by atoms with Crippen LogP contribution in [-0.4, -0.2) is 27.7 Å². The lowest BCUT2D eigenvalue weighted by Gasteiger charge is -2.38. The largest absolute Gasteiger partial charge is 0.497 e. The number of allylic oxidation sites excluding steroid dienone is 2. The van der Waals surface area contributed by atoms with Crippen LogP contribution in [-0.2, 0) is 4.79 Å². The van der Waals surface area contributed by atoms with Crippen molar-refractivity contribution in [3.05, 3.63) is 70.4 Å². The molecule has 0 fully saturated rings. The minimum absolute atomic E-state index is 0.118. The van der Waals surface area contributed by atoms with Crippen molar-refractivity contribution in [2.24, 2.45) is 5.41 Å². The monoisotopic (exact) mass is 434 g/mol. The smallest absolute Gasteiger partial charge is 0.226 e. The van der Waals surface area contributed by atoms with Crippen LogP contribution in [0.1, 0.15) is 38.3 Å². The Morgan fingerprint density at radius 2 is 1.97 bits per heavy atom. The number of nitrogens with one attached hydrogen (secondary N) is 1. The number of halogens is 1. The molecule has 6 nitrogen and oxygen atoms in total. The van der Waals surface area contributed by atoms with Gasteiger partial charge in [0.2, 0.25) is 5.95 Å². The molecule has 2 heterocycles. The molecule has 31 heavy (non-hydrogen) atoms. The lowest BCUT2D eigenvalue weighted by atomic mass is 9.73. The molecule has 1 unspecified atom stereocenters. The van der Waals surface area contributed by atoms with Gasteiger partial charge in [-0.3, -0.25) is 4.79 Å². The number of Topliss-reactive ketones (excluding diaryl/α,β-unsaturated/α-hetero) is 1. The van der Waals surface area contributed by atoms with E-state index in [1.54, 1.807) is 11.8 Å². The zero-order valence-electron chi connectivity index (χ0n) is 17.6. The molecule has 0 bridgehead atoms. The number of nitrogens with zero attached hydrogens (tertiary/aromatic N) is 3. The van der Waals surface area contributed by atoms with Crippen molar-refractivity contribution >= 4 is 23.3 Å². The summed E-state index contributed by atoms with van der Waals surface area (Å²) in [6.45, 7) is 4.23. The standard InChI is InChI=1S/C24H23ClN4O2/c1-24(2)12-18-20(19(30)13-24)21(16-9-4-5-10-17(16)25)29-23(26-18)27-22(28-29)14-7-6-8-15(11-14)31-3/h4-11,21H,12-13H2,1-3H3,(H,26,27,28). The maximum atomic E-state index is 13.3. The molecule has 1 aromatic heterocycles. The van der Waals surface area contributed by atoms with Gasteiger partial charge in [0.05, 0.1) is 7.11 Å². The molecule has 158 valence electrons. The van der Waals surface area contributed by atoms with Gasteiger partial charge in [-0.05, 0) is 30.0 Å². The van der Waals surface area contributed by atoms with Crippen LogP contribution in [0.25, 0.3) is 11.4 Å². The lowest BCUT2D eigenvalue weighted by molar-refractivity contribution is -0.118. The number of hydrogen-bond acceptors (Lipinski definition) is 5. The van der Waals surface area contributed by atoms with Crippen LogP contribution in [0.2, 0.25) is 5.02 Å². The molecule has 0 amide bonds. The van der Waals surface area contributed by atoms with Gasteiger partial charge < -0.3 is 10.1 Å². The fraction of sp³-hybridized carbons (Fsp3) is 0.292. The van der Waals surface area contributed by atoms with Crippen molar-refractivity contribution in [2.45, 2.75) is 32.7 Å². The summed E-state index contributed by atoms with van der Waals surface area (Å²) in [4.78, 5) is 18.1. The van der Waals surface area contributed by atoms with E-state index >= 15 is 0 Å². The summed E-state index contributed by atoms with van der Waals surface area (Å²) in [5.41, 5.74) is 3.19. The van der Waals surface area contributed by atoms with Crippen LogP contribution in [0, 0.1) is 5.41 Å². The van der Waals surface area contributed by atoms with Crippen molar-refractivity contribution in [2.75, 3.05) is 12.4 Å². The van der Waals surface area contributed by atoms with Crippen molar-refractivity contribution in [1.29, 1.82) is 0 Å². The Hall–Kier alpha value is -3.12. The molecule has 2 aliphatic rings. The summed E-state index contributed by atoms with van der Waals surface area (Å²) in [5.74, 6) is 2.01. The topological polar surface area (TPSA) is 69.0 Å². The minimum atomic E-state index is -0.421. The number of ether oxygens (including phenoxy) is 1. The molecule has 0 saturated heterocycles. The van der Waals surface area contributed by atoms with Crippen molar-refractivity contribution in [3.8, 4) is 17.1 Å². The third-order valence-corrected chi connectivity index (χ3v) is 6.20. The first-order valence-corrected chi connectivity index (χ1v) is 10.6. The molecule has 1 N–H and O–H groups in total. The summed E-state index contributed by atoms with van der Waals surface area (Å²) in [6, 6.07) is 14.8. The molecule has 0 spiro atoms. The van der Waals surface area contributed by atoms with E-state index in [4.69, 9.17) is 26.4 Å². The van der Waals surface area contributed by atoms with Gasteiger partial charge in [0, 0.05) is 33.8 Å². The summed E-state index contributed by atoms with van der Waals surface area (Å²) in [7, 11) is 1.63. The van der Waals surface area contributed by atoms with E-state index < -0.39 is 6.04 Å². The van der Waals surface area contributed by atoms with E-state index in [2.05, 4.69) is 19.2 Å². The number of benzene rings is 2. The second kappa shape index (κ2) is 7.24. The average molecular weight is 435 g/mol. The van der Waals surface area contributed by atoms with Crippen LogP contribution >= 0.6 is 11.6 Å². The Morgan fingerprint density at radius 3 is 2.74 bits per heavy atom. The highest BCUT2D eigenvalue weighted by Crippen LogP contribution is 2.46. The van der Waals surface area contributed by atoms with Gasteiger partial charge in [0.25, 0.3) is 0 Å². The quantitative estimate of drug-likeness (QED) is 0.608. The van der Waals surface area contributed by atoms with Gasteiger partial charge in [-0.2, -0.15) is 4.98 Å². The van der Waals surface area contributed by atoms with Crippen LogP contribution < -0.4 is 10.1 Å².